The maximum Gasteiger partial charge on any atom is 1.00 e. The number of carbonyl (C=O) groups is 1. The standard InChI is InChI=1S/C9H14O4S.Na/c1-5(14(4,12)13)6-7(8(10)11)9(6,2)3;/h6-7H,1H2,2-4H3,(H,10,11);/q;+1/p-1. The number of hydrogen-bond acceptors (Lipinski definition) is 4. The third-order valence-corrected chi connectivity index (χ3v) is 4.11. The summed E-state index contributed by atoms with van der Waals surface area (Å²) in [6, 6.07) is 0. The molecular weight excluding hydrogens is 227 g/mol. The molecule has 1 rings (SSSR count). The van der Waals surface area contributed by atoms with E-state index in [-0.39, 0.29) is 34.5 Å². The molecule has 0 saturated heterocycles. The quantitative estimate of drug-likeness (QED) is 0.481. The Bertz CT molecular complexity index is 396. The van der Waals surface area contributed by atoms with Crippen LogP contribution in [0.4, 0.5) is 0 Å². The zero-order valence-corrected chi connectivity index (χ0v) is 12.2. The molecule has 80 valence electrons. The Kier molecular flexibility index (Phi) is 4.25. The van der Waals surface area contributed by atoms with Crippen molar-refractivity contribution in [1.29, 1.82) is 0 Å². The summed E-state index contributed by atoms with van der Waals surface area (Å²) in [5, 5.41) is 10.7. The van der Waals surface area contributed by atoms with Crippen molar-refractivity contribution in [2.24, 2.45) is 17.3 Å². The van der Waals surface area contributed by atoms with Gasteiger partial charge in [-0.2, -0.15) is 0 Å². The van der Waals surface area contributed by atoms with E-state index in [9.17, 15) is 18.3 Å². The van der Waals surface area contributed by atoms with Crippen LogP contribution in [-0.2, 0) is 14.6 Å². The van der Waals surface area contributed by atoms with Gasteiger partial charge in [0.1, 0.15) is 0 Å². The number of sulfone groups is 1. The molecule has 0 N–H and O–H groups in total. The molecule has 0 heterocycles. The van der Waals surface area contributed by atoms with Gasteiger partial charge in [-0.15, -0.1) is 0 Å². The third kappa shape index (κ3) is 2.64. The van der Waals surface area contributed by atoms with Crippen molar-refractivity contribution in [3.63, 3.8) is 0 Å². The molecule has 0 spiro atoms. The summed E-state index contributed by atoms with van der Waals surface area (Å²) in [5.41, 5.74) is -0.557. The predicted octanol–water partition coefficient (Wildman–Crippen LogP) is -3.43. The van der Waals surface area contributed by atoms with E-state index in [1.807, 2.05) is 0 Å². The monoisotopic (exact) mass is 240 g/mol. The van der Waals surface area contributed by atoms with Crippen LogP contribution in [0.1, 0.15) is 13.8 Å². The van der Waals surface area contributed by atoms with Crippen molar-refractivity contribution < 1.29 is 47.9 Å². The van der Waals surface area contributed by atoms with Gasteiger partial charge in [0.15, 0.2) is 9.84 Å². The van der Waals surface area contributed by atoms with E-state index in [1.54, 1.807) is 13.8 Å². The van der Waals surface area contributed by atoms with Crippen molar-refractivity contribution in [1.82, 2.24) is 0 Å². The predicted molar refractivity (Wildman–Crippen MR) is 49.8 cm³/mol. The minimum atomic E-state index is -3.36. The van der Waals surface area contributed by atoms with Gasteiger partial charge in [-0.25, -0.2) is 8.42 Å². The number of carboxylic acids is 1. The zero-order valence-electron chi connectivity index (χ0n) is 9.40. The van der Waals surface area contributed by atoms with E-state index >= 15 is 0 Å². The molecule has 4 nitrogen and oxygen atoms in total. The summed E-state index contributed by atoms with van der Waals surface area (Å²) in [6.45, 7) is 6.84. The molecule has 15 heavy (non-hydrogen) atoms. The van der Waals surface area contributed by atoms with Gasteiger partial charge < -0.3 is 9.90 Å². The van der Waals surface area contributed by atoms with Gasteiger partial charge in [-0.3, -0.25) is 0 Å². The first-order chi connectivity index (χ1) is 6.10. The van der Waals surface area contributed by atoms with Crippen molar-refractivity contribution in [3.8, 4) is 0 Å². The smallest absolute Gasteiger partial charge is 0.550 e. The van der Waals surface area contributed by atoms with E-state index in [2.05, 4.69) is 6.58 Å². The summed E-state index contributed by atoms with van der Waals surface area (Å²) < 4.78 is 22.3. The molecule has 0 radical (unpaired) electrons. The molecular formula is C9H13NaO4S. The number of carboxylic acid groups (broad SMARTS) is 1. The van der Waals surface area contributed by atoms with Gasteiger partial charge in [0.2, 0.25) is 0 Å². The SMILES string of the molecule is C=C(C1C(C(=O)[O-])C1(C)C)S(C)(=O)=O.[Na+]. The molecule has 6 heteroatoms. The Labute approximate surface area is 112 Å². The summed E-state index contributed by atoms with van der Waals surface area (Å²) in [6.07, 6.45) is 1.04. The Morgan fingerprint density at radius 1 is 1.33 bits per heavy atom. The normalized spacial score (nSPS) is 27.7. The summed E-state index contributed by atoms with van der Waals surface area (Å²) in [7, 11) is -3.36. The van der Waals surface area contributed by atoms with Gasteiger partial charge in [0.25, 0.3) is 0 Å². The molecule has 1 fully saturated rings. The van der Waals surface area contributed by atoms with E-state index in [0.717, 1.165) is 6.26 Å². The Balaban J connectivity index is 0.00000196. The van der Waals surface area contributed by atoms with Crippen LogP contribution in [0.3, 0.4) is 0 Å². The topological polar surface area (TPSA) is 74.3 Å². The number of hydrogen-bond donors (Lipinski definition) is 0. The second kappa shape index (κ2) is 4.20. The van der Waals surface area contributed by atoms with Gasteiger partial charge in [0.05, 0.1) is 0 Å². The fraction of sp³-hybridized carbons (Fsp3) is 0.667. The molecule has 1 saturated carbocycles. The van der Waals surface area contributed by atoms with Crippen molar-refractivity contribution in [2.75, 3.05) is 6.26 Å². The Hall–Kier alpha value is 0.160. The molecule has 0 aliphatic heterocycles. The van der Waals surface area contributed by atoms with E-state index in [1.165, 1.54) is 0 Å². The fourth-order valence-electron chi connectivity index (χ4n) is 1.91. The first-order valence-corrected chi connectivity index (χ1v) is 6.09. The number of carbonyl (C=O) groups excluding carboxylic acids is 1. The first-order valence-electron chi connectivity index (χ1n) is 4.20. The van der Waals surface area contributed by atoms with Crippen molar-refractivity contribution >= 4 is 15.8 Å². The van der Waals surface area contributed by atoms with Crippen LogP contribution in [0.5, 0.6) is 0 Å². The second-order valence-electron chi connectivity index (χ2n) is 4.33. The molecule has 0 aromatic heterocycles. The van der Waals surface area contributed by atoms with Crippen LogP contribution in [0.2, 0.25) is 0 Å². The zero-order chi connectivity index (χ0) is 11.3. The summed E-state index contributed by atoms with van der Waals surface area (Å²) >= 11 is 0. The minimum Gasteiger partial charge on any atom is -0.550 e. The van der Waals surface area contributed by atoms with E-state index < -0.39 is 33.1 Å². The number of allylic oxidation sites excluding steroid dienone is 1. The molecule has 0 bridgehead atoms. The molecule has 0 aromatic carbocycles. The average molecular weight is 240 g/mol. The average Bonchev–Trinajstić information content (AvgIpc) is 2.49. The third-order valence-electron chi connectivity index (χ3n) is 2.90. The molecule has 0 aromatic rings. The van der Waals surface area contributed by atoms with Crippen LogP contribution in [0.15, 0.2) is 11.5 Å². The van der Waals surface area contributed by atoms with Gasteiger partial charge in [-0.1, -0.05) is 20.4 Å². The van der Waals surface area contributed by atoms with Crippen LogP contribution < -0.4 is 34.7 Å². The molecule has 1 aliphatic carbocycles. The molecule has 2 atom stereocenters. The van der Waals surface area contributed by atoms with Gasteiger partial charge in [0, 0.05) is 29.0 Å². The largest absolute Gasteiger partial charge is 1.00 e. The van der Waals surface area contributed by atoms with Gasteiger partial charge >= 0.3 is 29.6 Å². The summed E-state index contributed by atoms with van der Waals surface area (Å²) in [5.74, 6) is -2.45. The van der Waals surface area contributed by atoms with Crippen LogP contribution in [0.25, 0.3) is 0 Å². The Morgan fingerprint density at radius 2 is 1.73 bits per heavy atom. The second-order valence-corrected chi connectivity index (χ2v) is 6.40. The van der Waals surface area contributed by atoms with Crippen LogP contribution in [-0.4, -0.2) is 20.6 Å². The van der Waals surface area contributed by atoms with Crippen LogP contribution in [0, 0.1) is 17.3 Å². The fourth-order valence-corrected chi connectivity index (χ4v) is 2.81. The Morgan fingerprint density at radius 3 is 1.93 bits per heavy atom. The van der Waals surface area contributed by atoms with Crippen molar-refractivity contribution in [2.45, 2.75) is 13.8 Å². The van der Waals surface area contributed by atoms with E-state index in [4.69, 9.17) is 0 Å². The number of aliphatic carboxylic acids is 1. The minimum absolute atomic E-state index is 0. The van der Waals surface area contributed by atoms with Crippen LogP contribution >= 0.6 is 0 Å². The first kappa shape index (κ1) is 15.2. The maximum atomic E-state index is 11.2. The summed E-state index contributed by atoms with van der Waals surface area (Å²) in [4.78, 5) is 10.7. The van der Waals surface area contributed by atoms with E-state index in [0.29, 0.717) is 0 Å². The number of rotatable bonds is 3. The molecule has 0 amide bonds. The molecule has 1 aliphatic rings. The molecule has 2 unspecified atom stereocenters. The van der Waals surface area contributed by atoms with Gasteiger partial charge in [-0.05, 0) is 5.41 Å². The van der Waals surface area contributed by atoms with Crippen molar-refractivity contribution in [3.05, 3.63) is 11.5 Å². The maximum absolute atomic E-state index is 11.2.